The van der Waals surface area contributed by atoms with Crippen LogP contribution in [0.1, 0.15) is 21.5 Å². The van der Waals surface area contributed by atoms with E-state index in [4.69, 9.17) is 5.11 Å². The molecule has 0 unspecified atom stereocenters. The highest BCUT2D eigenvalue weighted by atomic mass is 16.5. The third-order valence-electron chi connectivity index (χ3n) is 3.38. The van der Waals surface area contributed by atoms with E-state index >= 15 is 0 Å². The minimum atomic E-state index is -1.18. The highest BCUT2D eigenvalue weighted by Gasteiger charge is 2.11. The lowest BCUT2D eigenvalue weighted by Gasteiger charge is -2.10. The average Bonchev–Trinajstić information content (AvgIpc) is 2.56. The van der Waals surface area contributed by atoms with Crippen LogP contribution in [0.25, 0.3) is 0 Å². The van der Waals surface area contributed by atoms with Crippen molar-refractivity contribution in [2.75, 3.05) is 17.7 Å². The molecule has 3 N–H and O–H groups in total. The minimum absolute atomic E-state index is 0.0699. The van der Waals surface area contributed by atoms with Gasteiger partial charge in [0.25, 0.3) is 0 Å². The van der Waals surface area contributed by atoms with Crippen LogP contribution in [0, 0.1) is 6.92 Å². The summed E-state index contributed by atoms with van der Waals surface area (Å²) >= 11 is 0. The molecule has 0 aliphatic carbocycles. The molecule has 130 valence electrons. The number of hydrogen-bond donors (Lipinski definition) is 3. The number of carboxylic acid groups (broad SMARTS) is 1. The van der Waals surface area contributed by atoms with Crippen molar-refractivity contribution in [3.05, 3.63) is 59.2 Å². The van der Waals surface area contributed by atoms with Crippen LogP contribution < -0.4 is 10.6 Å². The summed E-state index contributed by atoms with van der Waals surface area (Å²) in [5.74, 6) is -1.47. The molecule has 0 saturated heterocycles. The summed E-state index contributed by atoms with van der Waals surface area (Å²) < 4.78 is 4.48. The van der Waals surface area contributed by atoms with E-state index in [-0.39, 0.29) is 29.3 Å². The van der Waals surface area contributed by atoms with Crippen molar-refractivity contribution < 1.29 is 24.2 Å². The van der Waals surface area contributed by atoms with Crippen molar-refractivity contribution in [3.63, 3.8) is 0 Å². The van der Waals surface area contributed by atoms with Gasteiger partial charge in [0, 0.05) is 11.4 Å². The molecule has 2 aromatic rings. The van der Waals surface area contributed by atoms with Gasteiger partial charge in [0.05, 0.1) is 19.1 Å². The normalized spacial score (nSPS) is 10.0. The first-order chi connectivity index (χ1) is 11.9. The number of nitrogens with one attached hydrogen (secondary N) is 2. The van der Waals surface area contributed by atoms with Crippen LogP contribution in [0.15, 0.2) is 42.5 Å². The Bertz CT molecular complexity index is 800. The van der Waals surface area contributed by atoms with E-state index in [0.29, 0.717) is 0 Å². The zero-order chi connectivity index (χ0) is 18.4. The average molecular weight is 342 g/mol. The third-order valence-corrected chi connectivity index (χ3v) is 3.38. The van der Waals surface area contributed by atoms with Gasteiger partial charge in [-0.05, 0) is 30.7 Å². The number of carbonyl (C=O) groups excluding carboxylic acids is 2. The van der Waals surface area contributed by atoms with Gasteiger partial charge in [0.15, 0.2) is 0 Å². The van der Waals surface area contributed by atoms with Crippen LogP contribution in [0.3, 0.4) is 0 Å². The Labute approximate surface area is 144 Å². The molecule has 0 aliphatic heterocycles. The predicted octanol–water partition coefficient (Wildman–Crippen LogP) is 3.05. The summed E-state index contributed by atoms with van der Waals surface area (Å²) in [7, 11) is 1.20. The molecule has 7 nitrogen and oxygen atoms in total. The highest BCUT2D eigenvalue weighted by molar-refractivity contribution is 5.97. The van der Waals surface area contributed by atoms with Crippen LogP contribution in [0.2, 0.25) is 0 Å². The Morgan fingerprint density at radius 2 is 1.60 bits per heavy atom. The number of hydrogen-bond acceptors (Lipinski definition) is 4. The summed E-state index contributed by atoms with van der Waals surface area (Å²) in [6.07, 6.45) is -0.586. The van der Waals surface area contributed by atoms with Gasteiger partial charge in [-0.3, -0.25) is 10.1 Å². The lowest BCUT2D eigenvalue weighted by Crippen LogP contribution is -2.16. The van der Waals surface area contributed by atoms with E-state index < -0.39 is 12.1 Å². The Hall–Kier alpha value is -3.35. The summed E-state index contributed by atoms with van der Waals surface area (Å²) in [6, 6.07) is 11.6. The van der Waals surface area contributed by atoms with Crippen molar-refractivity contribution in [1.29, 1.82) is 0 Å². The molecule has 2 amide bonds. The first kappa shape index (κ1) is 18.0. The fourth-order valence-electron chi connectivity index (χ4n) is 2.16. The Morgan fingerprint density at radius 3 is 2.16 bits per heavy atom. The van der Waals surface area contributed by atoms with Crippen molar-refractivity contribution in [1.82, 2.24) is 0 Å². The van der Waals surface area contributed by atoms with E-state index in [1.165, 1.54) is 25.3 Å². The molecular weight excluding hydrogens is 324 g/mol. The molecule has 0 atom stereocenters. The van der Waals surface area contributed by atoms with Crippen LogP contribution >= 0.6 is 0 Å². The van der Waals surface area contributed by atoms with E-state index in [1.54, 1.807) is 0 Å². The number of carboxylic acids is 1. The first-order valence-electron chi connectivity index (χ1n) is 7.46. The maximum atomic E-state index is 12.2. The molecule has 25 heavy (non-hydrogen) atoms. The molecule has 0 heterocycles. The zero-order valence-corrected chi connectivity index (χ0v) is 13.8. The summed E-state index contributed by atoms with van der Waals surface area (Å²) in [6.45, 7) is 1.96. The summed E-state index contributed by atoms with van der Waals surface area (Å²) in [5, 5.41) is 14.2. The smallest absolute Gasteiger partial charge is 0.411 e. The van der Waals surface area contributed by atoms with Gasteiger partial charge in [0.2, 0.25) is 5.91 Å². The van der Waals surface area contributed by atoms with Crippen LogP contribution in [0.5, 0.6) is 0 Å². The molecule has 0 fully saturated rings. The fraction of sp³-hybridized carbons (Fsp3) is 0.167. The molecular formula is C18H18N2O5. The molecule has 2 rings (SSSR count). The number of ether oxygens (including phenoxy) is 1. The first-order valence-corrected chi connectivity index (χ1v) is 7.46. The zero-order valence-electron chi connectivity index (χ0n) is 13.8. The maximum Gasteiger partial charge on any atom is 0.411 e. The highest BCUT2D eigenvalue weighted by Crippen LogP contribution is 2.20. The maximum absolute atomic E-state index is 12.2. The Morgan fingerprint density at radius 1 is 1.00 bits per heavy atom. The van der Waals surface area contributed by atoms with E-state index in [1.807, 2.05) is 31.2 Å². The lowest BCUT2D eigenvalue weighted by atomic mass is 10.1. The van der Waals surface area contributed by atoms with Gasteiger partial charge >= 0.3 is 12.1 Å². The van der Waals surface area contributed by atoms with Gasteiger partial charge in [-0.15, -0.1) is 0 Å². The van der Waals surface area contributed by atoms with E-state index in [0.717, 1.165) is 11.1 Å². The Kier molecular flexibility index (Phi) is 5.73. The number of methoxy groups -OCH3 is 1. The quantitative estimate of drug-likeness (QED) is 0.774. The SMILES string of the molecule is COC(=O)Nc1cc(NC(=O)Cc2ccc(C)cc2)cc(C(=O)O)c1. The number of amides is 2. The molecule has 0 saturated carbocycles. The van der Waals surface area contributed by atoms with Gasteiger partial charge in [-0.1, -0.05) is 29.8 Å². The monoisotopic (exact) mass is 342 g/mol. The van der Waals surface area contributed by atoms with Gasteiger partial charge < -0.3 is 15.2 Å². The van der Waals surface area contributed by atoms with Crippen molar-refractivity contribution in [3.8, 4) is 0 Å². The van der Waals surface area contributed by atoms with Crippen molar-refractivity contribution in [2.24, 2.45) is 0 Å². The number of aryl methyl sites for hydroxylation is 1. The number of anilines is 2. The van der Waals surface area contributed by atoms with Crippen LogP contribution in [-0.2, 0) is 16.0 Å². The third kappa shape index (κ3) is 5.35. The number of benzene rings is 2. The molecule has 0 aliphatic rings. The van der Waals surface area contributed by atoms with Gasteiger partial charge in [-0.2, -0.15) is 0 Å². The van der Waals surface area contributed by atoms with Gasteiger partial charge in [0.1, 0.15) is 0 Å². The second kappa shape index (κ2) is 7.96. The predicted molar refractivity (Wildman–Crippen MR) is 92.9 cm³/mol. The summed E-state index contributed by atoms with van der Waals surface area (Å²) in [5.41, 5.74) is 2.34. The number of carbonyl (C=O) groups is 3. The largest absolute Gasteiger partial charge is 0.478 e. The van der Waals surface area contributed by atoms with Crippen LogP contribution in [-0.4, -0.2) is 30.2 Å². The second-order valence-corrected chi connectivity index (χ2v) is 5.43. The van der Waals surface area contributed by atoms with E-state index in [2.05, 4.69) is 15.4 Å². The fourth-order valence-corrected chi connectivity index (χ4v) is 2.16. The molecule has 7 heteroatoms. The number of rotatable bonds is 5. The van der Waals surface area contributed by atoms with Crippen LogP contribution in [0.4, 0.5) is 16.2 Å². The topological polar surface area (TPSA) is 105 Å². The molecule has 0 bridgehead atoms. The van der Waals surface area contributed by atoms with Crippen molar-refractivity contribution in [2.45, 2.75) is 13.3 Å². The standard InChI is InChI=1S/C18H18N2O5/c1-11-3-5-12(6-4-11)7-16(21)19-14-8-13(17(22)23)9-15(10-14)20-18(24)25-2/h3-6,8-10H,7H2,1-2H3,(H,19,21)(H,20,24)(H,22,23). The van der Waals surface area contributed by atoms with E-state index in [9.17, 15) is 14.4 Å². The lowest BCUT2D eigenvalue weighted by molar-refractivity contribution is -0.115. The molecule has 2 aromatic carbocycles. The molecule has 0 spiro atoms. The molecule has 0 radical (unpaired) electrons. The van der Waals surface area contributed by atoms with Crippen molar-refractivity contribution >= 4 is 29.3 Å². The number of aromatic carboxylic acids is 1. The Balaban J connectivity index is 2.16. The second-order valence-electron chi connectivity index (χ2n) is 5.43. The minimum Gasteiger partial charge on any atom is -0.478 e. The van der Waals surface area contributed by atoms with Gasteiger partial charge in [-0.25, -0.2) is 9.59 Å². The molecule has 0 aromatic heterocycles. The summed E-state index contributed by atoms with van der Waals surface area (Å²) in [4.78, 5) is 34.7.